The summed E-state index contributed by atoms with van der Waals surface area (Å²) in [4.78, 5) is 0. The predicted octanol–water partition coefficient (Wildman–Crippen LogP) is 6.40. The van der Waals surface area contributed by atoms with Crippen LogP contribution in [0.5, 0.6) is 0 Å². The van der Waals surface area contributed by atoms with E-state index in [0.29, 0.717) is 0 Å². The molecule has 0 aromatic rings. The summed E-state index contributed by atoms with van der Waals surface area (Å²) in [6, 6.07) is 0. The SMILES string of the molecule is CCCCC(C)C(C)CC(C)C(C)C(C)C(C)C. The highest BCUT2D eigenvalue weighted by molar-refractivity contribution is 4.74. The summed E-state index contributed by atoms with van der Waals surface area (Å²) in [5, 5.41) is 0. The van der Waals surface area contributed by atoms with Gasteiger partial charge in [0, 0.05) is 0 Å². The van der Waals surface area contributed by atoms with Crippen molar-refractivity contribution in [3.8, 4) is 0 Å². The zero-order chi connectivity index (χ0) is 14.3. The first-order valence-electron chi connectivity index (χ1n) is 8.31. The lowest BCUT2D eigenvalue weighted by Crippen LogP contribution is -2.23. The monoisotopic (exact) mass is 254 g/mol. The Hall–Kier alpha value is 0. The molecule has 0 bridgehead atoms. The van der Waals surface area contributed by atoms with E-state index in [4.69, 9.17) is 0 Å². The first-order valence-corrected chi connectivity index (χ1v) is 8.31. The van der Waals surface area contributed by atoms with Crippen molar-refractivity contribution in [2.45, 2.75) is 81.1 Å². The van der Waals surface area contributed by atoms with E-state index in [1.807, 2.05) is 0 Å². The highest BCUT2D eigenvalue weighted by Gasteiger charge is 2.24. The van der Waals surface area contributed by atoms with Gasteiger partial charge >= 0.3 is 0 Å². The van der Waals surface area contributed by atoms with Crippen molar-refractivity contribution < 1.29 is 0 Å². The van der Waals surface area contributed by atoms with Gasteiger partial charge in [-0.05, 0) is 41.9 Å². The van der Waals surface area contributed by atoms with E-state index in [2.05, 4.69) is 55.4 Å². The topological polar surface area (TPSA) is 0 Å². The minimum atomic E-state index is 0.815. The fourth-order valence-electron chi connectivity index (χ4n) is 2.97. The summed E-state index contributed by atoms with van der Waals surface area (Å²) < 4.78 is 0. The summed E-state index contributed by atoms with van der Waals surface area (Å²) in [5.41, 5.74) is 0. The smallest absolute Gasteiger partial charge is 0.0389 e. The molecule has 5 atom stereocenters. The van der Waals surface area contributed by atoms with E-state index in [1.54, 1.807) is 0 Å². The fourth-order valence-corrected chi connectivity index (χ4v) is 2.97. The number of hydrogen-bond acceptors (Lipinski definition) is 0. The third-order valence-corrected chi connectivity index (χ3v) is 5.51. The molecule has 0 spiro atoms. The molecule has 0 aromatic carbocycles. The molecule has 0 rings (SSSR count). The maximum atomic E-state index is 2.46. The summed E-state index contributed by atoms with van der Waals surface area (Å²) >= 11 is 0. The Kier molecular flexibility index (Phi) is 8.99. The lowest BCUT2D eigenvalue weighted by molar-refractivity contribution is 0.180. The highest BCUT2D eigenvalue weighted by atomic mass is 14.3. The van der Waals surface area contributed by atoms with Crippen LogP contribution < -0.4 is 0 Å². The molecular weight excluding hydrogens is 216 g/mol. The molecule has 18 heavy (non-hydrogen) atoms. The Morgan fingerprint density at radius 3 is 1.67 bits per heavy atom. The van der Waals surface area contributed by atoms with Gasteiger partial charge in [0.2, 0.25) is 0 Å². The molecule has 0 fully saturated rings. The third kappa shape index (κ3) is 6.25. The van der Waals surface area contributed by atoms with Crippen LogP contribution in [0, 0.1) is 35.5 Å². The molecular formula is C18H38. The van der Waals surface area contributed by atoms with E-state index in [1.165, 1.54) is 25.7 Å². The Bertz CT molecular complexity index is 194. The Morgan fingerprint density at radius 1 is 0.667 bits per heavy atom. The van der Waals surface area contributed by atoms with Crippen LogP contribution in [0.4, 0.5) is 0 Å². The average molecular weight is 255 g/mol. The molecule has 0 saturated carbocycles. The molecule has 0 radical (unpaired) electrons. The van der Waals surface area contributed by atoms with Gasteiger partial charge in [-0.2, -0.15) is 0 Å². The average Bonchev–Trinajstić information content (AvgIpc) is 2.33. The first-order chi connectivity index (χ1) is 8.31. The van der Waals surface area contributed by atoms with E-state index in [0.717, 1.165) is 35.5 Å². The zero-order valence-electron chi connectivity index (χ0n) is 14.3. The molecule has 0 aliphatic rings. The molecule has 0 heterocycles. The minimum Gasteiger partial charge on any atom is -0.0654 e. The van der Waals surface area contributed by atoms with Crippen molar-refractivity contribution >= 4 is 0 Å². The maximum absolute atomic E-state index is 2.46. The van der Waals surface area contributed by atoms with Crippen LogP contribution in [0.15, 0.2) is 0 Å². The predicted molar refractivity (Wildman–Crippen MR) is 84.8 cm³/mol. The number of rotatable bonds is 9. The molecule has 110 valence electrons. The number of unbranched alkanes of at least 4 members (excludes halogenated alkanes) is 1. The summed E-state index contributed by atoms with van der Waals surface area (Å²) in [7, 11) is 0. The van der Waals surface area contributed by atoms with E-state index in [9.17, 15) is 0 Å². The molecule has 0 nitrogen and oxygen atoms in total. The van der Waals surface area contributed by atoms with Crippen molar-refractivity contribution in [2.75, 3.05) is 0 Å². The minimum absolute atomic E-state index is 0.815. The fraction of sp³-hybridized carbons (Fsp3) is 1.00. The lowest BCUT2D eigenvalue weighted by atomic mass is 9.74. The van der Waals surface area contributed by atoms with Crippen molar-refractivity contribution in [2.24, 2.45) is 35.5 Å². The van der Waals surface area contributed by atoms with Crippen LogP contribution in [0.25, 0.3) is 0 Å². The van der Waals surface area contributed by atoms with Gasteiger partial charge in [0.1, 0.15) is 0 Å². The van der Waals surface area contributed by atoms with E-state index in [-0.39, 0.29) is 0 Å². The van der Waals surface area contributed by atoms with Crippen molar-refractivity contribution in [1.29, 1.82) is 0 Å². The lowest BCUT2D eigenvalue weighted by Gasteiger charge is -2.32. The van der Waals surface area contributed by atoms with Gasteiger partial charge in [-0.25, -0.2) is 0 Å². The molecule has 0 heteroatoms. The standard InChI is InChI=1S/C18H38/c1-9-10-11-14(4)15(5)12-16(6)18(8)17(7)13(2)3/h13-18H,9-12H2,1-8H3. The summed E-state index contributed by atoms with van der Waals surface area (Å²) in [6.45, 7) is 19.3. The Balaban J connectivity index is 4.16. The first kappa shape index (κ1) is 18.0. The van der Waals surface area contributed by atoms with Crippen LogP contribution in [0.1, 0.15) is 81.1 Å². The second kappa shape index (κ2) is 8.99. The van der Waals surface area contributed by atoms with Crippen molar-refractivity contribution in [3.05, 3.63) is 0 Å². The zero-order valence-corrected chi connectivity index (χ0v) is 14.3. The van der Waals surface area contributed by atoms with Gasteiger partial charge < -0.3 is 0 Å². The van der Waals surface area contributed by atoms with Crippen LogP contribution in [0.2, 0.25) is 0 Å². The molecule has 0 aliphatic heterocycles. The van der Waals surface area contributed by atoms with Crippen LogP contribution in [-0.4, -0.2) is 0 Å². The summed E-state index contributed by atoms with van der Waals surface area (Å²) in [6.07, 6.45) is 5.56. The van der Waals surface area contributed by atoms with Crippen LogP contribution in [-0.2, 0) is 0 Å². The molecule has 0 N–H and O–H groups in total. The van der Waals surface area contributed by atoms with Gasteiger partial charge in [-0.1, -0.05) is 74.7 Å². The molecule has 0 amide bonds. The van der Waals surface area contributed by atoms with Gasteiger partial charge in [0.25, 0.3) is 0 Å². The van der Waals surface area contributed by atoms with Gasteiger partial charge in [-0.3, -0.25) is 0 Å². The second-order valence-electron chi connectivity index (χ2n) is 7.27. The van der Waals surface area contributed by atoms with Gasteiger partial charge in [-0.15, -0.1) is 0 Å². The molecule has 0 saturated heterocycles. The van der Waals surface area contributed by atoms with Gasteiger partial charge in [0.15, 0.2) is 0 Å². The normalized spacial score (nSPS) is 20.5. The van der Waals surface area contributed by atoms with Gasteiger partial charge in [0.05, 0.1) is 0 Å². The number of hydrogen-bond donors (Lipinski definition) is 0. The quantitative estimate of drug-likeness (QED) is 0.446. The summed E-state index contributed by atoms with van der Waals surface area (Å²) in [5.74, 6) is 5.16. The largest absolute Gasteiger partial charge is 0.0654 e. The molecule has 0 aromatic heterocycles. The molecule has 5 unspecified atom stereocenters. The second-order valence-corrected chi connectivity index (χ2v) is 7.27. The van der Waals surface area contributed by atoms with Crippen molar-refractivity contribution in [1.82, 2.24) is 0 Å². The van der Waals surface area contributed by atoms with Crippen LogP contribution >= 0.6 is 0 Å². The Labute approximate surface area is 117 Å². The third-order valence-electron chi connectivity index (χ3n) is 5.51. The van der Waals surface area contributed by atoms with E-state index < -0.39 is 0 Å². The maximum Gasteiger partial charge on any atom is -0.0389 e. The highest BCUT2D eigenvalue weighted by Crippen LogP contribution is 2.33. The van der Waals surface area contributed by atoms with Crippen molar-refractivity contribution in [3.63, 3.8) is 0 Å². The van der Waals surface area contributed by atoms with Crippen LogP contribution in [0.3, 0.4) is 0 Å². The van der Waals surface area contributed by atoms with E-state index >= 15 is 0 Å². The Morgan fingerprint density at radius 2 is 1.22 bits per heavy atom. The molecule has 0 aliphatic carbocycles.